The van der Waals surface area contributed by atoms with Gasteiger partial charge >= 0.3 is 0 Å². The molecule has 1 heterocycles. The fourth-order valence-corrected chi connectivity index (χ4v) is 2.47. The largest absolute Gasteiger partial charge is 0.394 e. The third-order valence-corrected chi connectivity index (χ3v) is 3.70. The molecule has 0 amide bonds. The van der Waals surface area contributed by atoms with Crippen molar-refractivity contribution in [2.24, 2.45) is 0 Å². The van der Waals surface area contributed by atoms with Crippen LogP contribution in [0.5, 0.6) is 0 Å². The lowest BCUT2D eigenvalue weighted by Crippen LogP contribution is -2.39. The summed E-state index contributed by atoms with van der Waals surface area (Å²) in [5, 5.41) is 12.8. The van der Waals surface area contributed by atoms with Crippen molar-refractivity contribution in [3.05, 3.63) is 16.1 Å². The molecule has 1 aromatic rings. The Labute approximate surface area is 103 Å². The molecule has 15 heavy (non-hydrogen) atoms. The van der Waals surface area contributed by atoms with E-state index in [1.165, 1.54) is 19.2 Å². The van der Waals surface area contributed by atoms with Crippen LogP contribution >= 0.6 is 22.6 Å². The lowest BCUT2D eigenvalue weighted by Gasteiger charge is -2.28. The number of hydrogen-bond acceptors (Lipinski definition) is 4. The van der Waals surface area contributed by atoms with Crippen LogP contribution in [-0.4, -0.2) is 27.2 Å². The highest BCUT2D eigenvalue weighted by molar-refractivity contribution is 14.1. The van der Waals surface area contributed by atoms with E-state index in [0.29, 0.717) is 0 Å². The molecule has 0 spiro atoms. The van der Waals surface area contributed by atoms with Gasteiger partial charge in [0, 0.05) is 6.20 Å². The van der Waals surface area contributed by atoms with Crippen molar-refractivity contribution in [3.63, 3.8) is 0 Å². The second-order valence-electron chi connectivity index (χ2n) is 3.99. The average Bonchev–Trinajstić information content (AvgIpc) is 2.71. The summed E-state index contributed by atoms with van der Waals surface area (Å²) in [6.45, 7) is 0.174. The molecule has 0 aromatic carbocycles. The highest BCUT2D eigenvalue weighted by atomic mass is 127. The Hall–Kier alpha value is -0.430. The molecular formula is C10H14IN3O. The van der Waals surface area contributed by atoms with Crippen molar-refractivity contribution in [2.75, 3.05) is 11.9 Å². The van der Waals surface area contributed by atoms with E-state index < -0.39 is 0 Å². The van der Waals surface area contributed by atoms with Crippen molar-refractivity contribution in [1.29, 1.82) is 0 Å². The summed E-state index contributed by atoms with van der Waals surface area (Å²) in [5.41, 5.74) is -0.158. The molecule has 4 nitrogen and oxygen atoms in total. The van der Waals surface area contributed by atoms with Crippen LogP contribution in [0.4, 0.5) is 5.82 Å². The Morgan fingerprint density at radius 2 is 2.20 bits per heavy atom. The van der Waals surface area contributed by atoms with E-state index in [4.69, 9.17) is 0 Å². The van der Waals surface area contributed by atoms with Crippen LogP contribution in [0, 0.1) is 3.57 Å². The molecular weight excluding hydrogens is 305 g/mol. The van der Waals surface area contributed by atoms with E-state index in [1.807, 2.05) is 0 Å². The monoisotopic (exact) mass is 319 g/mol. The van der Waals surface area contributed by atoms with Crippen LogP contribution in [-0.2, 0) is 0 Å². The van der Waals surface area contributed by atoms with Crippen molar-refractivity contribution in [2.45, 2.75) is 31.2 Å². The minimum atomic E-state index is -0.158. The van der Waals surface area contributed by atoms with E-state index in [-0.39, 0.29) is 12.1 Å². The number of aliphatic hydroxyl groups is 1. The zero-order chi connectivity index (χ0) is 10.7. The molecule has 1 aliphatic rings. The minimum Gasteiger partial charge on any atom is -0.394 e. The molecule has 1 fully saturated rings. The number of halogens is 1. The van der Waals surface area contributed by atoms with E-state index in [0.717, 1.165) is 22.2 Å². The number of hydrogen-bond donors (Lipinski definition) is 2. The molecule has 0 unspecified atom stereocenters. The van der Waals surface area contributed by atoms with Gasteiger partial charge in [-0.15, -0.1) is 0 Å². The molecule has 1 aliphatic carbocycles. The Kier molecular flexibility index (Phi) is 3.40. The Morgan fingerprint density at radius 1 is 1.47 bits per heavy atom. The average molecular weight is 319 g/mol. The topological polar surface area (TPSA) is 58.0 Å². The van der Waals surface area contributed by atoms with Crippen molar-refractivity contribution >= 4 is 28.4 Å². The molecule has 0 aliphatic heterocycles. The van der Waals surface area contributed by atoms with Gasteiger partial charge in [0.25, 0.3) is 0 Å². The number of anilines is 1. The summed E-state index contributed by atoms with van der Waals surface area (Å²) in [6, 6.07) is 0. The van der Waals surface area contributed by atoms with Gasteiger partial charge in [-0.2, -0.15) is 0 Å². The quantitative estimate of drug-likeness (QED) is 0.834. The smallest absolute Gasteiger partial charge is 0.143 e. The fraction of sp³-hybridized carbons (Fsp3) is 0.600. The summed E-state index contributed by atoms with van der Waals surface area (Å²) in [4.78, 5) is 8.14. The van der Waals surface area contributed by atoms with Crippen LogP contribution < -0.4 is 5.32 Å². The van der Waals surface area contributed by atoms with E-state index in [1.54, 1.807) is 6.20 Å². The highest BCUT2D eigenvalue weighted by Gasteiger charge is 2.33. The number of aliphatic hydroxyl groups excluding tert-OH is 1. The van der Waals surface area contributed by atoms with Gasteiger partial charge < -0.3 is 10.4 Å². The lowest BCUT2D eigenvalue weighted by molar-refractivity contribution is 0.213. The molecule has 2 N–H and O–H groups in total. The van der Waals surface area contributed by atoms with Gasteiger partial charge in [-0.25, -0.2) is 9.97 Å². The van der Waals surface area contributed by atoms with Crippen molar-refractivity contribution < 1.29 is 5.11 Å². The molecule has 1 saturated carbocycles. The van der Waals surface area contributed by atoms with Gasteiger partial charge in [0.2, 0.25) is 0 Å². The third kappa shape index (κ3) is 2.39. The van der Waals surface area contributed by atoms with Gasteiger partial charge in [-0.05, 0) is 35.4 Å². The summed E-state index contributed by atoms with van der Waals surface area (Å²) < 4.78 is 0.995. The van der Waals surface area contributed by atoms with Gasteiger partial charge in [-0.1, -0.05) is 12.8 Å². The van der Waals surface area contributed by atoms with Gasteiger partial charge in [0.05, 0.1) is 15.7 Å². The number of aromatic nitrogens is 2. The first-order valence-electron chi connectivity index (χ1n) is 5.10. The summed E-state index contributed by atoms with van der Waals surface area (Å²) in [6.07, 6.45) is 7.69. The molecule has 5 heteroatoms. The predicted molar refractivity (Wildman–Crippen MR) is 66.7 cm³/mol. The zero-order valence-corrected chi connectivity index (χ0v) is 10.6. The first-order valence-corrected chi connectivity index (χ1v) is 6.18. The zero-order valence-electron chi connectivity index (χ0n) is 8.41. The normalized spacial score (nSPS) is 19.1. The Balaban J connectivity index is 2.16. The van der Waals surface area contributed by atoms with Crippen LogP contribution in [0.3, 0.4) is 0 Å². The lowest BCUT2D eigenvalue weighted by atomic mass is 9.99. The maximum atomic E-state index is 9.46. The van der Waals surface area contributed by atoms with Crippen LogP contribution in [0.1, 0.15) is 25.7 Å². The summed E-state index contributed by atoms with van der Waals surface area (Å²) in [7, 11) is 0. The van der Waals surface area contributed by atoms with Crippen molar-refractivity contribution in [1.82, 2.24) is 9.97 Å². The standard InChI is InChI=1S/C10H14IN3O/c11-8-5-12-7-13-9(8)14-10(6-15)3-1-2-4-10/h5,7,15H,1-4,6H2,(H,12,13,14). The second-order valence-corrected chi connectivity index (χ2v) is 5.15. The van der Waals surface area contributed by atoms with E-state index in [9.17, 15) is 5.11 Å². The van der Waals surface area contributed by atoms with Gasteiger partial charge in [0.1, 0.15) is 12.1 Å². The van der Waals surface area contributed by atoms with Gasteiger partial charge in [-0.3, -0.25) is 0 Å². The van der Waals surface area contributed by atoms with Gasteiger partial charge in [0.15, 0.2) is 0 Å². The first kappa shape index (κ1) is 11.1. The SMILES string of the molecule is OCC1(Nc2ncncc2I)CCCC1. The highest BCUT2D eigenvalue weighted by Crippen LogP contribution is 2.33. The molecule has 0 radical (unpaired) electrons. The van der Waals surface area contributed by atoms with E-state index >= 15 is 0 Å². The number of nitrogens with zero attached hydrogens (tertiary/aromatic N) is 2. The number of nitrogens with one attached hydrogen (secondary N) is 1. The summed E-state index contributed by atoms with van der Waals surface area (Å²) in [5.74, 6) is 0.835. The second kappa shape index (κ2) is 4.61. The van der Waals surface area contributed by atoms with Crippen LogP contribution in [0.25, 0.3) is 0 Å². The Bertz CT molecular complexity index is 339. The van der Waals surface area contributed by atoms with Crippen LogP contribution in [0.15, 0.2) is 12.5 Å². The first-order chi connectivity index (χ1) is 7.26. The summed E-state index contributed by atoms with van der Waals surface area (Å²) >= 11 is 2.20. The van der Waals surface area contributed by atoms with Crippen molar-refractivity contribution in [3.8, 4) is 0 Å². The third-order valence-electron chi connectivity index (χ3n) is 2.91. The predicted octanol–water partition coefficient (Wildman–Crippen LogP) is 1.80. The molecule has 82 valence electrons. The van der Waals surface area contributed by atoms with Crippen LogP contribution in [0.2, 0.25) is 0 Å². The molecule has 0 atom stereocenters. The maximum Gasteiger partial charge on any atom is 0.143 e. The Morgan fingerprint density at radius 3 is 2.80 bits per heavy atom. The molecule has 0 saturated heterocycles. The fourth-order valence-electron chi connectivity index (χ4n) is 2.03. The molecule has 1 aromatic heterocycles. The number of rotatable bonds is 3. The maximum absolute atomic E-state index is 9.46. The van der Waals surface area contributed by atoms with E-state index in [2.05, 4.69) is 37.9 Å². The minimum absolute atomic E-state index is 0.158. The molecule has 0 bridgehead atoms. The molecule has 2 rings (SSSR count).